The average Bonchev–Trinajstić information content (AvgIpc) is 3.11. The van der Waals surface area contributed by atoms with Crippen LogP contribution in [-0.4, -0.2) is 40.4 Å². The Kier molecular flexibility index (Phi) is 6.14. The summed E-state index contributed by atoms with van der Waals surface area (Å²) in [6.45, 7) is -0.649. The molecule has 0 N–H and O–H groups in total. The molecule has 0 saturated carbocycles. The molecule has 0 amide bonds. The standard InChI is InChI=1S/C21H22FNO4S/c1-26-17-10-6-15(7-11-17)4-3-5-20-23-19(14-22)21(27-20)16-8-12-18(13-9-16)28(2,24)25/h3-4,6-13,19,21H,5,14H2,1-2H3/b4-3+. The van der Waals surface area contributed by atoms with Gasteiger partial charge in [0, 0.05) is 12.7 Å². The van der Waals surface area contributed by atoms with Crippen LogP contribution in [0.15, 0.2) is 64.5 Å². The molecular formula is C21H22FNO4S. The van der Waals surface area contributed by atoms with Gasteiger partial charge in [-0.1, -0.05) is 36.4 Å². The molecule has 1 aliphatic heterocycles. The maximum atomic E-state index is 13.4. The summed E-state index contributed by atoms with van der Waals surface area (Å²) < 4.78 is 47.5. The van der Waals surface area contributed by atoms with Gasteiger partial charge in [0.25, 0.3) is 0 Å². The van der Waals surface area contributed by atoms with Crippen molar-refractivity contribution >= 4 is 21.8 Å². The lowest BCUT2D eigenvalue weighted by atomic mass is 10.0. The second-order valence-corrected chi connectivity index (χ2v) is 8.52. The van der Waals surface area contributed by atoms with Gasteiger partial charge in [-0.05, 0) is 35.4 Å². The predicted molar refractivity (Wildman–Crippen MR) is 107 cm³/mol. The molecule has 0 spiro atoms. The summed E-state index contributed by atoms with van der Waals surface area (Å²) in [6, 6.07) is 13.3. The Hall–Kier alpha value is -2.67. The molecule has 148 valence electrons. The van der Waals surface area contributed by atoms with Crippen molar-refractivity contribution in [3.63, 3.8) is 0 Å². The summed E-state index contributed by atoms with van der Waals surface area (Å²) >= 11 is 0. The number of hydrogen-bond acceptors (Lipinski definition) is 5. The number of rotatable bonds is 7. The molecule has 0 fully saturated rings. The Bertz CT molecular complexity index is 966. The minimum atomic E-state index is -3.28. The number of aliphatic imine (C=N–C) groups is 1. The van der Waals surface area contributed by atoms with Crippen LogP contribution in [0.25, 0.3) is 6.08 Å². The molecule has 2 aromatic rings. The fourth-order valence-electron chi connectivity index (χ4n) is 2.93. The number of ether oxygens (including phenoxy) is 2. The van der Waals surface area contributed by atoms with Crippen LogP contribution < -0.4 is 4.74 Å². The van der Waals surface area contributed by atoms with Crippen LogP contribution in [0, 0.1) is 0 Å². The molecule has 7 heteroatoms. The van der Waals surface area contributed by atoms with Gasteiger partial charge in [0.2, 0.25) is 0 Å². The number of alkyl halides is 1. The van der Waals surface area contributed by atoms with Gasteiger partial charge in [-0.2, -0.15) is 0 Å². The molecule has 0 radical (unpaired) electrons. The topological polar surface area (TPSA) is 65.0 Å². The fourth-order valence-corrected chi connectivity index (χ4v) is 3.56. The van der Waals surface area contributed by atoms with E-state index in [4.69, 9.17) is 9.47 Å². The van der Waals surface area contributed by atoms with E-state index in [0.29, 0.717) is 17.9 Å². The van der Waals surface area contributed by atoms with Crippen molar-refractivity contribution in [1.29, 1.82) is 0 Å². The highest BCUT2D eigenvalue weighted by Crippen LogP contribution is 2.31. The Balaban J connectivity index is 1.65. The summed E-state index contributed by atoms with van der Waals surface area (Å²) in [5.41, 5.74) is 1.71. The van der Waals surface area contributed by atoms with Crippen LogP contribution in [0.3, 0.4) is 0 Å². The first-order chi connectivity index (χ1) is 13.4. The maximum absolute atomic E-state index is 13.4. The molecule has 2 atom stereocenters. The first-order valence-corrected chi connectivity index (χ1v) is 10.7. The van der Waals surface area contributed by atoms with E-state index in [1.165, 1.54) is 12.1 Å². The molecule has 0 aromatic heterocycles. The van der Waals surface area contributed by atoms with E-state index in [1.54, 1.807) is 19.2 Å². The van der Waals surface area contributed by atoms with Gasteiger partial charge in [-0.25, -0.2) is 17.8 Å². The zero-order chi connectivity index (χ0) is 20.1. The van der Waals surface area contributed by atoms with Gasteiger partial charge in [0.15, 0.2) is 21.8 Å². The quantitative estimate of drug-likeness (QED) is 0.701. The van der Waals surface area contributed by atoms with Gasteiger partial charge in [0.1, 0.15) is 18.5 Å². The summed E-state index contributed by atoms with van der Waals surface area (Å²) in [7, 11) is -1.66. The molecule has 0 saturated heterocycles. The second kappa shape index (κ2) is 8.56. The third-order valence-corrected chi connectivity index (χ3v) is 5.56. The highest BCUT2D eigenvalue weighted by atomic mass is 32.2. The Morgan fingerprint density at radius 3 is 2.39 bits per heavy atom. The lowest BCUT2D eigenvalue weighted by molar-refractivity contribution is 0.177. The highest BCUT2D eigenvalue weighted by Gasteiger charge is 2.32. The lowest BCUT2D eigenvalue weighted by Crippen LogP contribution is -2.16. The van der Waals surface area contributed by atoms with E-state index >= 15 is 0 Å². The van der Waals surface area contributed by atoms with Gasteiger partial charge in [-0.3, -0.25) is 0 Å². The maximum Gasteiger partial charge on any atom is 0.188 e. The number of methoxy groups -OCH3 is 1. The van der Waals surface area contributed by atoms with Gasteiger partial charge in [0.05, 0.1) is 12.0 Å². The summed E-state index contributed by atoms with van der Waals surface area (Å²) in [5.74, 6) is 1.25. The predicted octanol–water partition coefficient (Wildman–Crippen LogP) is 4.01. The normalized spacial score (nSPS) is 19.5. The van der Waals surface area contributed by atoms with E-state index in [-0.39, 0.29) is 4.90 Å². The summed E-state index contributed by atoms with van der Waals surface area (Å²) in [5, 5.41) is 0. The van der Waals surface area contributed by atoms with Crippen molar-refractivity contribution in [3.8, 4) is 5.75 Å². The molecule has 1 heterocycles. The van der Waals surface area contributed by atoms with E-state index in [9.17, 15) is 12.8 Å². The minimum absolute atomic E-state index is 0.217. The molecule has 5 nitrogen and oxygen atoms in total. The molecule has 28 heavy (non-hydrogen) atoms. The van der Waals surface area contributed by atoms with Gasteiger partial charge in [-0.15, -0.1) is 0 Å². The van der Waals surface area contributed by atoms with Crippen LogP contribution >= 0.6 is 0 Å². The van der Waals surface area contributed by atoms with Crippen molar-refractivity contribution in [2.75, 3.05) is 20.0 Å². The van der Waals surface area contributed by atoms with E-state index in [2.05, 4.69) is 4.99 Å². The third kappa shape index (κ3) is 4.78. The van der Waals surface area contributed by atoms with Crippen molar-refractivity contribution in [2.24, 2.45) is 4.99 Å². The van der Waals surface area contributed by atoms with Crippen molar-refractivity contribution < 1.29 is 22.3 Å². The number of benzene rings is 2. The fraction of sp³-hybridized carbons (Fsp3) is 0.286. The highest BCUT2D eigenvalue weighted by molar-refractivity contribution is 7.90. The molecule has 3 rings (SSSR count). The zero-order valence-electron chi connectivity index (χ0n) is 15.7. The number of hydrogen-bond donors (Lipinski definition) is 0. The van der Waals surface area contributed by atoms with Crippen LogP contribution in [0.4, 0.5) is 4.39 Å². The van der Waals surface area contributed by atoms with E-state index in [0.717, 1.165) is 17.6 Å². The largest absolute Gasteiger partial charge is 0.497 e. The van der Waals surface area contributed by atoms with E-state index < -0.39 is 28.7 Å². The van der Waals surface area contributed by atoms with E-state index in [1.807, 2.05) is 36.4 Å². The minimum Gasteiger partial charge on any atom is -0.497 e. The molecule has 2 unspecified atom stereocenters. The summed E-state index contributed by atoms with van der Waals surface area (Å²) in [4.78, 5) is 4.54. The Labute approximate surface area is 164 Å². The SMILES string of the molecule is COc1ccc(/C=C/CC2=NC(CF)C(c3ccc(S(C)(=O)=O)cc3)O2)cc1. The number of sulfone groups is 1. The molecule has 0 aliphatic carbocycles. The molecule has 2 aromatic carbocycles. The Morgan fingerprint density at radius 2 is 1.82 bits per heavy atom. The van der Waals surface area contributed by atoms with Crippen LogP contribution in [0.2, 0.25) is 0 Å². The van der Waals surface area contributed by atoms with Crippen LogP contribution in [0.5, 0.6) is 5.75 Å². The smallest absolute Gasteiger partial charge is 0.188 e. The number of nitrogens with zero attached hydrogens (tertiary/aromatic N) is 1. The Morgan fingerprint density at radius 1 is 1.14 bits per heavy atom. The van der Waals surface area contributed by atoms with Crippen molar-refractivity contribution in [2.45, 2.75) is 23.5 Å². The monoisotopic (exact) mass is 403 g/mol. The summed E-state index contributed by atoms with van der Waals surface area (Å²) in [6.07, 6.45) is 4.88. The van der Waals surface area contributed by atoms with Crippen LogP contribution in [0.1, 0.15) is 23.7 Å². The first-order valence-electron chi connectivity index (χ1n) is 8.80. The van der Waals surface area contributed by atoms with Gasteiger partial charge >= 0.3 is 0 Å². The van der Waals surface area contributed by atoms with Crippen molar-refractivity contribution in [3.05, 3.63) is 65.7 Å². The molecule has 0 bridgehead atoms. The zero-order valence-corrected chi connectivity index (χ0v) is 16.5. The van der Waals surface area contributed by atoms with Crippen molar-refractivity contribution in [1.82, 2.24) is 0 Å². The first kappa shape index (κ1) is 20.1. The van der Waals surface area contributed by atoms with Gasteiger partial charge < -0.3 is 9.47 Å². The lowest BCUT2D eigenvalue weighted by Gasteiger charge is -2.16. The second-order valence-electron chi connectivity index (χ2n) is 6.50. The number of halogens is 1. The van der Waals surface area contributed by atoms with Crippen LogP contribution in [-0.2, 0) is 14.6 Å². The third-order valence-electron chi connectivity index (χ3n) is 4.44. The molecular weight excluding hydrogens is 381 g/mol. The molecule has 1 aliphatic rings. The average molecular weight is 403 g/mol.